The van der Waals surface area contributed by atoms with Crippen molar-refractivity contribution in [2.24, 2.45) is 44.8 Å². The Kier molecular flexibility index (Phi) is 12.3. The molecule has 2 aliphatic heterocycles. The van der Waals surface area contributed by atoms with Gasteiger partial charge in [-0.05, 0) is 99.3 Å². The van der Waals surface area contributed by atoms with E-state index in [4.69, 9.17) is 0 Å². The Balaban J connectivity index is 1.41. The average molecular weight is 752 g/mol. The van der Waals surface area contributed by atoms with Crippen LogP contribution in [0.15, 0.2) is 0 Å². The van der Waals surface area contributed by atoms with Crippen LogP contribution in [0.2, 0.25) is 0 Å². The van der Waals surface area contributed by atoms with Crippen molar-refractivity contribution in [1.82, 2.24) is 15.1 Å². The van der Waals surface area contributed by atoms with E-state index in [1.807, 2.05) is 48.5 Å². The fraction of sp³-hybridized carbons (Fsp3) is 0.867. The molecule has 1 N–H and O–H groups in total. The van der Waals surface area contributed by atoms with Gasteiger partial charge in [-0.1, -0.05) is 81.6 Å². The molecule has 2 spiro atoms. The lowest BCUT2D eigenvalue weighted by molar-refractivity contribution is -0.147. The predicted octanol–water partition coefficient (Wildman–Crippen LogP) is 7.51. The number of nitrogens with one attached hydrogen (secondary N) is 1. The van der Waals surface area contributed by atoms with Crippen molar-refractivity contribution in [3.8, 4) is 0 Å². The number of nitrogens with zero attached hydrogens (tertiary/aromatic N) is 2. The first kappa shape index (κ1) is 42.7. The lowest BCUT2D eigenvalue weighted by Crippen LogP contribution is -2.58. The third-order valence-electron chi connectivity index (χ3n) is 15.1. The van der Waals surface area contributed by atoms with Crippen LogP contribution in [0.1, 0.15) is 166 Å². The highest BCUT2D eigenvalue weighted by molar-refractivity contribution is 6.38. The molecule has 0 radical (unpaired) electrons. The maximum atomic E-state index is 15.1. The molecule has 9 nitrogen and oxygen atoms in total. The first-order valence-electron chi connectivity index (χ1n) is 21.5. The maximum Gasteiger partial charge on any atom is 0.237 e. The first-order chi connectivity index (χ1) is 25.0. The van der Waals surface area contributed by atoms with Crippen LogP contribution in [0.3, 0.4) is 0 Å². The molecule has 5 fully saturated rings. The summed E-state index contributed by atoms with van der Waals surface area (Å²) in [5.41, 5.74) is -1.34. The van der Waals surface area contributed by atoms with Gasteiger partial charge in [-0.2, -0.15) is 0 Å². The fourth-order valence-corrected chi connectivity index (χ4v) is 11.2. The topological polar surface area (TPSA) is 121 Å². The van der Waals surface area contributed by atoms with Crippen LogP contribution < -0.4 is 5.32 Å². The Morgan fingerprint density at radius 1 is 0.815 bits per heavy atom. The van der Waals surface area contributed by atoms with Crippen LogP contribution >= 0.6 is 0 Å². The SMILES string of the molecule is CCC[C@H](CC(=O)[C@@H]1C[C@@]2(CN1C(=O)[C@@H](CC(=O)[C@@H](NC(=O)[C@@H]1CCCCN1C(C)C)C(C)(C)C)C(C)(C)C)C(C)(C)C21CCC1)C(=O)C(=O)CC1CC1. The van der Waals surface area contributed by atoms with Crippen LogP contribution in [-0.2, 0) is 28.8 Å². The van der Waals surface area contributed by atoms with E-state index >= 15 is 4.79 Å². The van der Waals surface area contributed by atoms with Gasteiger partial charge in [0.05, 0.1) is 18.1 Å². The minimum absolute atomic E-state index is 0.0349. The minimum Gasteiger partial charge on any atom is -0.344 e. The number of fused-ring (bicyclic) bond motifs is 1. The van der Waals surface area contributed by atoms with E-state index in [-0.39, 0.29) is 76.8 Å². The molecule has 2 saturated heterocycles. The van der Waals surface area contributed by atoms with Gasteiger partial charge in [0.15, 0.2) is 17.3 Å². The summed E-state index contributed by atoms with van der Waals surface area (Å²) in [7, 11) is 0. The summed E-state index contributed by atoms with van der Waals surface area (Å²) in [6.45, 7) is 23.9. The molecule has 54 heavy (non-hydrogen) atoms. The van der Waals surface area contributed by atoms with Gasteiger partial charge in [-0.25, -0.2) is 0 Å². The quantitative estimate of drug-likeness (QED) is 0.162. The van der Waals surface area contributed by atoms with Crippen molar-refractivity contribution in [1.29, 1.82) is 0 Å². The van der Waals surface area contributed by atoms with Gasteiger partial charge in [0.25, 0.3) is 0 Å². The zero-order chi connectivity index (χ0) is 40.2. The molecule has 3 saturated carbocycles. The van der Waals surface area contributed by atoms with E-state index < -0.39 is 40.5 Å². The van der Waals surface area contributed by atoms with Crippen LogP contribution in [0.4, 0.5) is 0 Å². The van der Waals surface area contributed by atoms with Crippen molar-refractivity contribution in [3.63, 3.8) is 0 Å². The summed E-state index contributed by atoms with van der Waals surface area (Å²) in [6.07, 6.45) is 9.94. The molecule has 5 rings (SSSR count). The molecule has 0 aromatic heterocycles. The molecule has 2 amide bonds. The van der Waals surface area contributed by atoms with Gasteiger partial charge in [-0.3, -0.25) is 33.7 Å². The van der Waals surface area contributed by atoms with Crippen LogP contribution in [0, 0.1) is 44.8 Å². The number of ketones is 4. The fourth-order valence-electron chi connectivity index (χ4n) is 11.2. The summed E-state index contributed by atoms with van der Waals surface area (Å²) in [6, 6.07) is -1.57. The molecule has 0 aromatic carbocycles. The molecule has 0 unspecified atom stereocenters. The van der Waals surface area contributed by atoms with Crippen molar-refractivity contribution in [3.05, 3.63) is 0 Å². The Morgan fingerprint density at radius 3 is 1.96 bits per heavy atom. The zero-order valence-corrected chi connectivity index (χ0v) is 35.7. The van der Waals surface area contributed by atoms with Crippen molar-refractivity contribution >= 4 is 34.9 Å². The van der Waals surface area contributed by atoms with Gasteiger partial charge in [0.2, 0.25) is 17.6 Å². The largest absolute Gasteiger partial charge is 0.344 e. The van der Waals surface area contributed by atoms with Gasteiger partial charge in [0.1, 0.15) is 0 Å². The summed E-state index contributed by atoms with van der Waals surface area (Å²) < 4.78 is 0. The van der Waals surface area contributed by atoms with Gasteiger partial charge >= 0.3 is 0 Å². The van der Waals surface area contributed by atoms with Crippen LogP contribution in [-0.4, -0.2) is 82.0 Å². The number of carbonyl (C=O) groups is 6. The molecule has 2 heterocycles. The zero-order valence-electron chi connectivity index (χ0n) is 35.7. The number of carbonyl (C=O) groups excluding carboxylic acids is 6. The second kappa shape index (κ2) is 15.5. The molecule has 304 valence electrons. The van der Waals surface area contributed by atoms with Gasteiger partial charge in [-0.15, -0.1) is 0 Å². The molecular weight excluding hydrogens is 679 g/mol. The van der Waals surface area contributed by atoms with Crippen LogP contribution in [0.25, 0.3) is 0 Å². The van der Waals surface area contributed by atoms with Crippen molar-refractivity contribution in [2.45, 2.75) is 190 Å². The standard InChI is InChI=1S/C45H73N3O6/c1-12-16-30(37(52)35(50)23-29-18-19-29)24-34(49)33-26-45(43(10,11)44(45)20-15-21-44)27-48(33)40(54)31(41(4,5)6)25-36(51)38(42(7,8)9)46-39(53)32-17-13-14-22-47(32)28(2)3/h28-33,38H,12-27H2,1-11H3,(H,46,53)/t30-,31-,32+,33+,38-,45-/m1/s1. The third kappa shape index (κ3) is 7.92. The highest BCUT2D eigenvalue weighted by Crippen LogP contribution is 2.88. The van der Waals surface area contributed by atoms with E-state index in [0.717, 1.165) is 57.9 Å². The molecule has 5 aliphatic rings. The Labute approximate surface area is 326 Å². The highest BCUT2D eigenvalue weighted by Gasteiger charge is 2.85. The molecule has 0 bridgehead atoms. The molecule has 6 atom stereocenters. The third-order valence-corrected chi connectivity index (χ3v) is 15.1. The van der Waals surface area contributed by atoms with E-state index in [9.17, 15) is 24.0 Å². The number of amides is 2. The summed E-state index contributed by atoms with van der Waals surface area (Å²) in [5, 5.41) is 3.16. The summed E-state index contributed by atoms with van der Waals surface area (Å²) in [5.74, 6) is -2.50. The molecular formula is C45H73N3O6. The number of rotatable bonds is 16. The van der Waals surface area contributed by atoms with E-state index in [0.29, 0.717) is 31.7 Å². The average Bonchev–Trinajstić information content (AvgIpc) is 3.89. The summed E-state index contributed by atoms with van der Waals surface area (Å²) >= 11 is 0. The highest BCUT2D eigenvalue weighted by atomic mass is 16.2. The second-order valence-electron chi connectivity index (χ2n) is 21.2. The smallest absolute Gasteiger partial charge is 0.237 e. The molecule has 9 heteroatoms. The Bertz CT molecular complexity index is 1480. The number of likely N-dealkylation sites (tertiary alicyclic amines) is 2. The Morgan fingerprint density at radius 2 is 1.46 bits per heavy atom. The van der Waals surface area contributed by atoms with Gasteiger partial charge in [0, 0.05) is 49.1 Å². The first-order valence-corrected chi connectivity index (χ1v) is 21.5. The monoisotopic (exact) mass is 752 g/mol. The molecule has 3 aliphatic carbocycles. The lowest BCUT2D eigenvalue weighted by Gasteiger charge is -2.40. The number of Topliss-reactive ketones (excluding diaryl/α,β-unsaturated/α-hetero) is 4. The number of hydrogen-bond donors (Lipinski definition) is 1. The lowest BCUT2D eigenvalue weighted by atomic mass is 9.73. The van der Waals surface area contributed by atoms with E-state index in [1.165, 1.54) is 0 Å². The second-order valence-corrected chi connectivity index (χ2v) is 21.2. The number of piperidine rings is 1. The van der Waals surface area contributed by atoms with Crippen molar-refractivity contribution < 1.29 is 28.8 Å². The molecule has 0 aromatic rings. The predicted molar refractivity (Wildman–Crippen MR) is 211 cm³/mol. The van der Waals surface area contributed by atoms with E-state index in [1.54, 1.807) is 4.90 Å². The number of hydrogen-bond acceptors (Lipinski definition) is 7. The van der Waals surface area contributed by atoms with Crippen LogP contribution in [0.5, 0.6) is 0 Å². The van der Waals surface area contributed by atoms with Crippen molar-refractivity contribution in [2.75, 3.05) is 13.1 Å². The normalized spacial score (nSPS) is 28.0. The Hall–Kier alpha value is -2.42. The van der Waals surface area contributed by atoms with Gasteiger partial charge < -0.3 is 10.2 Å². The minimum atomic E-state index is -0.782. The summed E-state index contributed by atoms with van der Waals surface area (Å²) in [4.78, 5) is 88.5. The maximum absolute atomic E-state index is 15.1. The van der Waals surface area contributed by atoms with E-state index in [2.05, 4.69) is 37.9 Å².